The number of allylic oxidation sites excluding steroid dienone is 1. The van der Waals surface area contributed by atoms with Gasteiger partial charge in [0.2, 0.25) is 5.89 Å². The summed E-state index contributed by atoms with van der Waals surface area (Å²) in [7, 11) is 1.82. The summed E-state index contributed by atoms with van der Waals surface area (Å²) >= 11 is 0. The fourth-order valence-corrected chi connectivity index (χ4v) is 12.6. The van der Waals surface area contributed by atoms with Crippen LogP contribution in [0.15, 0.2) is 15.6 Å². The van der Waals surface area contributed by atoms with Crippen molar-refractivity contribution in [3.05, 3.63) is 22.9 Å². The van der Waals surface area contributed by atoms with E-state index in [1.165, 1.54) is 5.57 Å². The number of hydrogen-bond acceptors (Lipinski definition) is 8. The van der Waals surface area contributed by atoms with E-state index in [9.17, 15) is 24.3 Å². The summed E-state index contributed by atoms with van der Waals surface area (Å²) in [6.45, 7) is 21.0. The molecule has 1 amide bonds. The highest BCUT2D eigenvalue weighted by Crippen LogP contribution is 2.76. The Morgan fingerprint density at radius 1 is 0.960 bits per heavy atom. The molecule has 4 fully saturated rings. The van der Waals surface area contributed by atoms with Crippen LogP contribution in [0.3, 0.4) is 0 Å². The molecule has 0 spiro atoms. The zero-order valence-corrected chi connectivity index (χ0v) is 32.2. The Balaban J connectivity index is 1.32. The Bertz CT molecular complexity index is 1640. The van der Waals surface area contributed by atoms with Gasteiger partial charge in [0.15, 0.2) is 5.78 Å². The van der Waals surface area contributed by atoms with Gasteiger partial charge in [-0.15, -0.1) is 10.2 Å². The van der Waals surface area contributed by atoms with Crippen molar-refractivity contribution in [1.29, 1.82) is 0 Å². The quantitative estimate of drug-likeness (QED) is 0.286. The third-order valence-corrected chi connectivity index (χ3v) is 15.4. The number of hydrogen-bond donors (Lipinski definition) is 1. The SMILES string of the molecule is Cc1nnc(C(=O)N(C)[C@@]23CC[C@]4(C)C(CCC5[C@@]6(C)CC[C@H](OC(=O)CC(C)(C)C(=O)O)C(C)(C)C6CC[C@]54C)C2=C(C(C)C)C(=O)C3)o1. The zero-order valence-electron chi connectivity index (χ0n) is 32.2. The molecule has 3 unspecified atom stereocenters. The van der Waals surface area contributed by atoms with Gasteiger partial charge in [0.25, 0.3) is 0 Å². The average Bonchev–Trinajstić information content (AvgIpc) is 3.58. The maximum Gasteiger partial charge on any atom is 0.311 e. The Labute approximate surface area is 297 Å². The number of carbonyl (C=O) groups is 4. The van der Waals surface area contributed by atoms with Crippen molar-refractivity contribution in [2.45, 2.75) is 145 Å². The standard InChI is InChI=1S/C40H59N3O7/c1-22(2)30-25(44)20-40(43(11)33(46)32-42-41-23(3)49-32)19-18-38(9)24(31(30)40)12-13-27-37(8)16-15-28(50-29(45)21-35(4,5)34(47)48)36(6,7)26(37)14-17-39(27,38)10/h22,24,26-28H,12-21H2,1-11H3,(H,47,48)/t24?,26?,27?,28-,37-,38+,39+,40+/m0/s1. The Morgan fingerprint density at radius 2 is 1.64 bits per heavy atom. The molecule has 1 N–H and O–H groups in total. The summed E-state index contributed by atoms with van der Waals surface area (Å²) < 4.78 is 11.7. The molecular formula is C40H59N3O7. The van der Waals surface area contributed by atoms with Crippen LogP contribution < -0.4 is 0 Å². The van der Waals surface area contributed by atoms with Crippen LogP contribution in [0, 0.1) is 57.7 Å². The van der Waals surface area contributed by atoms with E-state index < -0.39 is 22.9 Å². The van der Waals surface area contributed by atoms with Gasteiger partial charge in [0, 0.05) is 25.8 Å². The van der Waals surface area contributed by atoms with Crippen molar-refractivity contribution in [1.82, 2.24) is 15.1 Å². The third-order valence-electron chi connectivity index (χ3n) is 15.4. The molecule has 5 aliphatic carbocycles. The van der Waals surface area contributed by atoms with Gasteiger partial charge in [-0.05, 0) is 116 Å². The van der Waals surface area contributed by atoms with Gasteiger partial charge in [-0.25, -0.2) is 0 Å². The molecule has 1 aromatic rings. The topological polar surface area (TPSA) is 140 Å². The van der Waals surface area contributed by atoms with Crippen molar-refractivity contribution in [2.75, 3.05) is 7.05 Å². The number of esters is 1. The fourth-order valence-electron chi connectivity index (χ4n) is 12.6. The minimum absolute atomic E-state index is 0.00530. The predicted molar refractivity (Wildman–Crippen MR) is 187 cm³/mol. The van der Waals surface area contributed by atoms with Crippen molar-refractivity contribution in [3.63, 3.8) is 0 Å². The number of amides is 1. The largest absolute Gasteiger partial charge is 0.481 e. The average molecular weight is 694 g/mol. The maximum absolute atomic E-state index is 14.0. The Hall–Kier alpha value is -3.04. The molecule has 0 aliphatic heterocycles. The minimum atomic E-state index is -1.18. The number of fused-ring (bicyclic) bond motifs is 7. The molecule has 10 nitrogen and oxygen atoms in total. The van der Waals surface area contributed by atoms with E-state index >= 15 is 0 Å². The molecule has 6 rings (SSSR count). The van der Waals surface area contributed by atoms with E-state index in [0.717, 1.165) is 50.5 Å². The molecular weight excluding hydrogens is 634 g/mol. The fraction of sp³-hybridized carbons (Fsp3) is 0.800. The lowest BCUT2D eigenvalue weighted by Crippen LogP contribution is -2.67. The lowest BCUT2D eigenvalue weighted by Gasteiger charge is -2.72. The van der Waals surface area contributed by atoms with E-state index in [4.69, 9.17) is 9.15 Å². The molecule has 0 radical (unpaired) electrons. The van der Waals surface area contributed by atoms with E-state index in [1.54, 1.807) is 25.7 Å². The summed E-state index contributed by atoms with van der Waals surface area (Å²) in [5, 5.41) is 17.5. The molecule has 8 atom stereocenters. The molecule has 0 aromatic carbocycles. The van der Waals surface area contributed by atoms with Crippen LogP contribution in [0.2, 0.25) is 0 Å². The number of ketones is 1. The minimum Gasteiger partial charge on any atom is -0.481 e. The number of rotatable bonds is 7. The number of aliphatic carboxylic acids is 1. The highest BCUT2D eigenvalue weighted by Gasteiger charge is 2.71. The first-order valence-corrected chi connectivity index (χ1v) is 18.9. The Morgan fingerprint density at radius 3 is 2.24 bits per heavy atom. The number of aromatic nitrogens is 2. The molecule has 4 saturated carbocycles. The van der Waals surface area contributed by atoms with Crippen LogP contribution in [0.25, 0.3) is 0 Å². The molecule has 10 heteroatoms. The second-order valence-electron chi connectivity index (χ2n) is 18.9. The van der Waals surface area contributed by atoms with Gasteiger partial charge in [0.1, 0.15) is 6.10 Å². The van der Waals surface area contributed by atoms with Gasteiger partial charge in [0.05, 0.1) is 17.4 Å². The van der Waals surface area contributed by atoms with E-state index in [2.05, 4.69) is 58.7 Å². The van der Waals surface area contributed by atoms with Crippen LogP contribution in [-0.4, -0.2) is 62.5 Å². The number of carboxylic acid groups (broad SMARTS) is 1. The number of Topliss-reactive ketones (excluding diaryl/α,β-unsaturated/α-hetero) is 1. The van der Waals surface area contributed by atoms with Gasteiger partial charge in [-0.2, -0.15) is 0 Å². The van der Waals surface area contributed by atoms with Gasteiger partial charge in [-0.3, -0.25) is 19.2 Å². The number of ether oxygens (including phenoxy) is 1. The molecule has 1 aromatic heterocycles. The van der Waals surface area contributed by atoms with Crippen LogP contribution in [0.5, 0.6) is 0 Å². The highest BCUT2D eigenvalue weighted by atomic mass is 16.5. The second-order valence-corrected chi connectivity index (χ2v) is 18.9. The van der Waals surface area contributed by atoms with Crippen molar-refractivity contribution in [2.24, 2.45) is 50.7 Å². The van der Waals surface area contributed by atoms with Crippen LogP contribution >= 0.6 is 0 Å². The summed E-state index contributed by atoms with van der Waals surface area (Å²) in [5.41, 5.74) is -0.0806. The summed E-state index contributed by atoms with van der Waals surface area (Å²) in [6.07, 6.45) is 7.29. The van der Waals surface area contributed by atoms with Crippen LogP contribution in [0.4, 0.5) is 0 Å². The van der Waals surface area contributed by atoms with Crippen molar-refractivity contribution < 1.29 is 33.4 Å². The maximum atomic E-state index is 14.0. The summed E-state index contributed by atoms with van der Waals surface area (Å²) in [6, 6.07) is 0. The number of carboxylic acids is 1. The van der Waals surface area contributed by atoms with E-state index in [1.807, 2.05) is 7.05 Å². The molecule has 276 valence electrons. The lowest BCUT2D eigenvalue weighted by atomic mass is 9.33. The molecule has 5 aliphatic rings. The number of likely N-dealkylation sites (N-methyl/N-ethyl adjacent to an activating group) is 1. The van der Waals surface area contributed by atoms with Gasteiger partial charge >= 0.3 is 23.7 Å². The molecule has 0 bridgehead atoms. The third kappa shape index (κ3) is 5.07. The molecule has 1 heterocycles. The highest BCUT2D eigenvalue weighted by molar-refractivity contribution is 6.03. The normalized spacial score (nSPS) is 37.8. The van der Waals surface area contributed by atoms with E-state index in [-0.39, 0.29) is 63.6 Å². The van der Waals surface area contributed by atoms with Crippen LogP contribution in [0.1, 0.15) is 143 Å². The predicted octanol–water partition coefficient (Wildman–Crippen LogP) is 7.60. The summed E-state index contributed by atoms with van der Waals surface area (Å²) in [5.74, 6) is -0.290. The first-order chi connectivity index (χ1) is 23.1. The zero-order chi connectivity index (χ0) is 37.0. The number of carbonyl (C=O) groups excluding carboxylic acids is 3. The monoisotopic (exact) mass is 693 g/mol. The first-order valence-electron chi connectivity index (χ1n) is 18.9. The second kappa shape index (κ2) is 11.7. The van der Waals surface area contributed by atoms with E-state index in [0.29, 0.717) is 30.6 Å². The molecule has 0 saturated heterocycles. The van der Waals surface area contributed by atoms with Crippen molar-refractivity contribution in [3.8, 4) is 0 Å². The number of nitrogens with zero attached hydrogens (tertiary/aromatic N) is 3. The van der Waals surface area contributed by atoms with Crippen LogP contribution in [-0.2, 0) is 19.1 Å². The van der Waals surface area contributed by atoms with Gasteiger partial charge < -0.3 is 19.2 Å². The summed E-state index contributed by atoms with van der Waals surface area (Å²) in [4.78, 5) is 54.5. The smallest absolute Gasteiger partial charge is 0.311 e. The van der Waals surface area contributed by atoms with Crippen molar-refractivity contribution >= 4 is 23.6 Å². The molecule has 50 heavy (non-hydrogen) atoms. The number of aryl methyl sites for hydroxylation is 1. The van der Waals surface area contributed by atoms with Gasteiger partial charge in [-0.1, -0.05) is 48.5 Å². The lowest BCUT2D eigenvalue weighted by molar-refractivity contribution is -0.233. The first kappa shape index (κ1) is 36.7. The Kier molecular flexibility index (Phi) is 8.63.